The van der Waals surface area contributed by atoms with E-state index in [1.165, 1.54) is 6.33 Å². The third-order valence-electron chi connectivity index (χ3n) is 1.97. The fourth-order valence-corrected chi connectivity index (χ4v) is 1.31. The molecular weight excluding hydrogens is 216 g/mol. The molecule has 6 heteroatoms. The van der Waals surface area contributed by atoms with Gasteiger partial charge in [-0.15, -0.1) is 0 Å². The van der Waals surface area contributed by atoms with Crippen LogP contribution in [0.2, 0.25) is 0 Å². The van der Waals surface area contributed by atoms with Crippen molar-refractivity contribution in [2.24, 2.45) is 0 Å². The Labute approximate surface area is 90.1 Å². The molecule has 0 spiro atoms. The fraction of sp³-hybridized carbons (Fsp3) is 0.200. The van der Waals surface area contributed by atoms with Gasteiger partial charge < -0.3 is 10.5 Å². The average Bonchev–Trinajstić information content (AvgIpc) is 2.26. The van der Waals surface area contributed by atoms with Crippen LogP contribution in [0.3, 0.4) is 0 Å². The van der Waals surface area contributed by atoms with E-state index < -0.39 is 13.0 Å². The molecule has 2 aromatic rings. The molecule has 1 aromatic heterocycles. The summed E-state index contributed by atoms with van der Waals surface area (Å²) in [6.07, 6.45) is -1.27. The lowest BCUT2D eigenvalue weighted by molar-refractivity contribution is 0.0804. The zero-order valence-corrected chi connectivity index (χ0v) is 8.23. The highest BCUT2D eigenvalue weighted by molar-refractivity contribution is 5.86. The first-order valence-corrected chi connectivity index (χ1v) is 4.58. The molecule has 0 saturated heterocycles. The van der Waals surface area contributed by atoms with Crippen molar-refractivity contribution in [2.75, 3.05) is 12.3 Å². The summed E-state index contributed by atoms with van der Waals surface area (Å²) < 4.78 is 28.9. The highest BCUT2D eigenvalue weighted by Crippen LogP contribution is 2.23. The predicted octanol–water partition coefficient (Wildman–Crippen LogP) is 1.86. The van der Waals surface area contributed by atoms with E-state index in [9.17, 15) is 8.78 Å². The first-order valence-electron chi connectivity index (χ1n) is 4.58. The summed E-state index contributed by atoms with van der Waals surface area (Å²) in [5.41, 5.74) is 6.70. The number of halogens is 2. The Balaban J connectivity index is 2.40. The monoisotopic (exact) mass is 225 g/mol. The summed E-state index contributed by atoms with van der Waals surface area (Å²) >= 11 is 0. The van der Waals surface area contributed by atoms with Crippen LogP contribution in [0.4, 0.5) is 14.5 Å². The number of hydrogen-bond donors (Lipinski definition) is 1. The van der Waals surface area contributed by atoms with Gasteiger partial charge in [0.2, 0.25) is 5.88 Å². The van der Waals surface area contributed by atoms with Crippen LogP contribution in [0.25, 0.3) is 10.9 Å². The van der Waals surface area contributed by atoms with Crippen LogP contribution in [0.1, 0.15) is 0 Å². The van der Waals surface area contributed by atoms with Crippen LogP contribution in [0, 0.1) is 0 Å². The third kappa shape index (κ3) is 2.16. The normalized spacial score (nSPS) is 10.9. The number of rotatable bonds is 3. The van der Waals surface area contributed by atoms with Gasteiger partial charge in [0, 0.05) is 5.69 Å². The van der Waals surface area contributed by atoms with Crippen molar-refractivity contribution >= 4 is 16.6 Å². The van der Waals surface area contributed by atoms with Crippen LogP contribution < -0.4 is 10.5 Å². The van der Waals surface area contributed by atoms with E-state index in [1.54, 1.807) is 18.2 Å². The van der Waals surface area contributed by atoms with E-state index >= 15 is 0 Å². The molecule has 0 aliphatic carbocycles. The number of hydrogen-bond acceptors (Lipinski definition) is 4. The molecule has 1 heterocycles. The van der Waals surface area contributed by atoms with Crippen LogP contribution in [-0.2, 0) is 0 Å². The lowest BCUT2D eigenvalue weighted by Crippen LogP contribution is -2.08. The molecule has 2 N–H and O–H groups in total. The summed E-state index contributed by atoms with van der Waals surface area (Å²) in [4.78, 5) is 7.77. The molecule has 0 bridgehead atoms. The lowest BCUT2D eigenvalue weighted by Gasteiger charge is -2.07. The van der Waals surface area contributed by atoms with Crippen molar-refractivity contribution in [1.82, 2.24) is 9.97 Å². The van der Waals surface area contributed by atoms with E-state index in [4.69, 9.17) is 10.5 Å². The second-order valence-electron chi connectivity index (χ2n) is 3.16. The number of ether oxygens (including phenoxy) is 1. The predicted molar refractivity (Wildman–Crippen MR) is 55.4 cm³/mol. The van der Waals surface area contributed by atoms with Crippen molar-refractivity contribution in [1.29, 1.82) is 0 Å². The summed E-state index contributed by atoms with van der Waals surface area (Å²) in [5.74, 6) is 0.123. The van der Waals surface area contributed by atoms with Gasteiger partial charge in [-0.2, -0.15) is 0 Å². The number of nitrogens with two attached hydrogens (primary N) is 1. The number of alkyl halides is 2. The number of nitrogens with zero attached hydrogens (tertiary/aromatic N) is 2. The van der Waals surface area contributed by atoms with E-state index in [-0.39, 0.29) is 5.88 Å². The van der Waals surface area contributed by atoms with Crippen molar-refractivity contribution in [3.8, 4) is 5.88 Å². The highest BCUT2D eigenvalue weighted by Gasteiger charge is 2.08. The summed E-state index contributed by atoms with van der Waals surface area (Å²) in [7, 11) is 0. The maximum atomic E-state index is 12.0. The maximum Gasteiger partial charge on any atom is 0.272 e. The SMILES string of the molecule is Nc1ccc2ncnc(OCC(F)F)c2c1. The molecule has 4 nitrogen and oxygen atoms in total. The van der Waals surface area contributed by atoms with E-state index in [2.05, 4.69) is 9.97 Å². The zero-order valence-electron chi connectivity index (χ0n) is 8.23. The Hall–Kier alpha value is -1.98. The molecule has 0 aliphatic heterocycles. The minimum absolute atomic E-state index is 0.123. The number of aromatic nitrogens is 2. The minimum atomic E-state index is -2.54. The van der Waals surface area contributed by atoms with Gasteiger partial charge in [0.05, 0.1) is 10.9 Å². The van der Waals surface area contributed by atoms with Gasteiger partial charge in [0.15, 0.2) is 6.61 Å². The molecule has 16 heavy (non-hydrogen) atoms. The number of nitrogen functional groups attached to an aromatic ring is 1. The molecule has 0 atom stereocenters. The maximum absolute atomic E-state index is 12.0. The minimum Gasteiger partial charge on any atom is -0.471 e. The topological polar surface area (TPSA) is 61.0 Å². The Morgan fingerprint density at radius 3 is 2.88 bits per heavy atom. The molecule has 0 radical (unpaired) electrons. The molecule has 0 amide bonds. The third-order valence-corrected chi connectivity index (χ3v) is 1.97. The number of anilines is 1. The van der Waals surface area contributed by atoms with Crippen LogP contribution in [-0.4, -0.2) is 23.0 Å². The van der Waals surface area contributed by atoms with Gasteiger partial charge in [0.1, 0.15) is 6.33 Å². The first kappa shape index (κ1) is 10.5. The standard InChI is InChI=1S/C10H9F2N3O/c11-9(12)4-16-10-7-3-6(13)1-2-8(7)14-5-15-10/h1-3,5,9H,4,13H2. The quantitative estimate of drug-likeness (QED) is 0.810. The van der Waals surface area contributed by atoms with Crippen LogP contribution in [0.15, 0.2) is 24.5 Å². The lowest BCUT2D eigenvalue weighted by atomic mass is 10.2. The Bertz CT molecular complexity index is 504. The van der Waals surface area contributed by atoms with Gasteiger partial charge in [-0.3, -0.25) is 0 Å². The Kier molecular flexibility index (Phi) is 2.80. The van der Waals surface area contributed by atoms with Crippen molar-refractivity contribution in [3.63, 3.8) is 0 Å². The molecule has 0 aliphatic rings. The van der Waals surface area contributed by atoms with Gasteiger partial charge in [-0.25, -0.2) is 18.7 Å². The largest absolute Gasteiger partial charge is 0.471 e. The van der Waals surface area contributed by atoms with Crippen molar-refractivity contribution < 1.29 is 13.5 Å². The van der Waals surface area contributed by atoms with E-state index in [1.807, 2.05) is 0 Å². The molecule has 2 rings (SSSR count). The van der Waals surface area contributed by atoms with Crippen LogP contribution >= 0.6 is 0 Å². The summed E-state index contributed by atoms with van der Waals surface area (Å²) in [6.45, 7) is -0.694. The molecule has 0 unspecified atom stereocenters. The van der Waals surface area contributed by atoms with Gasteiger partial charge in [-0.1, -0.05) is 0 Å². The van der Waals surface area contributed by atoms with Crippen molar-refractivity contribution in [2.45, 2.75) is 6.43 Å². The van der Waals surface area contributed by atoms with Gasteiger partial charge in [0.25, 0.3) is 6.43 Å². The first-order chi connectivity index (χ1) is 7.66. The zero-order chi connectivity index (χ0) is 11.5. The van der Waals surface area contributed by atoms with Gasteiger partial charge >= 0.3 is 0 Å². The Morgan fingerprint density at radius 2 is 2.12 bits per heavy atom. The average molecular weight is 225 g/mol. The molecule has 0 fully saturated rings. The Morgan fingerprint density at radius 1 is 1.31 bits per heavy atom. The highest BCUT2D eigenvalue weighted by atomic mass is 19.3. The summed E-state index contributed by atoms with van der Waals surface area (Å²) in [5, 5.41) is 0.531. The second-order valence-corrected chi connectivity index (χ2v) is 3.16. The molecule has 1 aromatic carbocycles. The van der Waals surface area contributed by atoms with E-state index in [0.29, 0.717) is 16.6 Å². The molecular formula is C10H9F2N3O. The van der Waals surface area contributed by atoms with Crippen LogP contribution in [0.5, 0.6) is 5.88 Å². The molecule has 84 valence electrons. The smallest absolute Gasteiger partial charge is 0.272 e. The number of benzene rings is 1. The molecule has 0 saturated carbocycles. The van der Waals surface area contributed by atoms with Crippen molar-refractivity contribution in [3.05, 3.63) is 24.5 Å². The van der Waals surface area contributed by atoms with Gasteiger partial charge in [-0.05, 0) is 18.2 Å². The summed E-state index contributed by atoms with van der Waals surface area (Å²) in [6, 6.07) is 4.95. The fourth-order valence-electron chi connectivity index (χ4n) is 1.31. The van der Waals surface area contributed by atoms with E-state index in [0.717, 1.165) is 0 Å². The number of fused-ring (bicyclic) bond motifs is 1. The second kappa shape index (κ2) is 4.26.